The first-order chi connectivity index (χ1) is 11.8. The van der Waals surface area contributed by atoms with Crippen LogP contribution in [0.2, 0.25) is 0 Å². The molecule has 25 heavy (non-hydrogen) atoms. The van der Waals surface area contributed by atoms with Crippen molar-refractivity contribution in [2.45, 2.75) is 60.3 Å². The number of hydrogen-bond donors (Lipinski definition) is 1. The van der Waals surface area contributed by atoms with Crippen LogP contribution in [0.15, 0.2) is 34.9 Å². The van der Waals surface area contributed by atoms with Gasteiger partial charge in [-0.15, -0.1) is 11.3 Å². The van der Waals surface area contributed by atoms with Crippen molar-refractivity contribution in [3.8, 4) is 0 Å². The summed E-state index contributed by atoms with van der Waals surface area (Å²) >= 11 is 1.71. The number of rotatable bonds is 5. The molecule has 0 spiro atoms. The number of allylic oxidation sites excluding steroid dienone is 5. The van der Waals surface area contributed by atoms with Crippen LogP contribution in [0.1, 0.15) is 74.0 Å². The Morgan fingerprint density at radius 3 is 2.72 bits per heavy atom. The molecule has 1 amide bonds. The lowest BCUT2D eigenvalue weighted by Gasteiger charge is -2.32. The van der Waals surface area contributed by atoms with Crippen LogP contribution >= 0.6 is 11.3 Å². The fraction of sp³-hybridized carbons (Fsp3) is 0.500. The van der Waals surface area contributed by atoms with Crippen LogP contribution < -0.4 is 5.32 Å². The molecule has 1 heterocycles. The molecular weight excluding hydrogens is 326 g/mol. The van der Waals surface area contributed by atoms with Gasteiger partial charge in [0, 0.05) is 16.8 Å². The molecule has 1 aromatic heterocycles. The average Bonchev–Trinajstić information content (AvgIpc) is 2.96. The minimum atomic E-state index is -0.00838. The van der Waals surface area contributed by atoms with E-state index in [1.807, 2.05) is 6.07 Å². The van der Waals surface area contributed by atoms with Gasteiger partial charge in [-0.25, -0.2) is 0 Å². The summed E-state index contributed by atoms with van der Waals surface area (Å²) in [6.45, 7) is 11.2. The Balaban J connectivity index is 2.30. The summed E-state index contributed by atoms with van der Waals surface area (Å²) in [6.07, 6.45) is 11.3. The van der Waals surface area contributed by atoms with Crippen LogP contribution in [-0.2, 0) is 6.42 Å². The van der Waals surface area contributed by atoms with Gasteiger partial charge in [-0.05, 0) is 68.2 Å². The number of carbonyl (C=O) groups is 1. The third kappa shape index (κ3) is 4.72. The minimum absolute atomic E-state index is 0.00838. The third-order valence-corrected chi connectivity index (χ3v) is 6.27. The van der Waals surface area contributed by atoms with Gasteiger partial charge in [-0.3, -0.25) is 4.79 Å². The maximum atomic E-state index is 12.1. The first-order valence-corrected chi connectivity index (χ1v) is 10.0. The monoisotopic (exact) mass is 357 g/mol. The summed E-state index contributed by atoms with van der Waals surface area (Å²) in [5.41, 5.74) is 5.20. The van der Waals surface area contributed by atoms with Gasteiger partial charge in [0.1, 0.15) is 0 Å². The molecule has 0 bridgehead atoms. The van der Waals surface area contributed by atoms with Crippen LogP contribution in [0.4, 0.5) is 0 Å². The standard InChI is InChI=1S/C22H31NOS/c1-7-17-14-18(21(24)23-6)20(25-17)13-15(2)10-11-19-16(3)9-8-12-22(19,4)5/h10-11,13-14H,7-9,12H2,1-6H3,(H,23,24). The van der Waals surface area contributed by atoms with E-state index in [-0.39, 0.29) is 11.3 Å². The maximum absolute atomic E-state index is 12.1. The number of aryl methyl sites for hydroxylation is 1. The van der Waals surface area contributed by atoms with Crippen LogP contribution in [0.5, 0.6) is 0 Å². The van der Waals surface area contributed by atoms with Gasteiger partial charge in [-0.2, -0.15) is 0 Å². The molecule has 0 aromatic carbocycles. The van der Waals surface area contributed by atoms with Gasteiger partial charge in [0.05, 0.1) is 5.56 Å². The fourth-order valence-corrected chi connectivity index (χ4v) is 4.64. The Kier molecular flexibility index (Phi) is 6.45. The molecule has 1 aromatic rings. The second-order valence-corrected chi connectivity index (χ2v) is 8.74. The molecule has 0 unspecified atom stereocenters. The fourth-order valence-electron chi connectivity index (χ4n) is 3.53. The zero-order valence-electron chi connectivity index (χ0n) is 16.5. The lowest BCUT2D eigenvalue weighted by Crippen LogP contribution is -2.19. The smallest absolute Gasteiger partial charge is 0.252 e. The molecule has 2 rings (SSSR count). The Labute approximate surface area is 156 Å². The number of hydrogen-bond acceptors (Lipinski definition) is 2. The normalized spacial score (nSPS) is 18.1. The Hall–Kier alpha value is -1.61. The van der Waals surface area contributed by atoms with Crippen molar-refractivity contribution in [1.29, 1.82) is 0 Å². The highest BCUT2D eigenvalue weighted by molar-refractivity contribution is 7.13. The van der Waals surface area contributed by atoms with E-state index in [0.29, 0.717) is 0 Å². The van der Waals surface area contributed by atoms with E-state index in [0.717, 1.165) is 16.9 Å². The van der Waals surface area contributed by atoms with Gasteiger partial charge >= 0.3 is 0 Å². The van der Waals surface area contributed by atoms with Crippen molar-refractivity contribution in [3.05, 3.63) is 50.3 Å². The molecule has 2 nitrogen and oxygen atoms in total. The first-order valence-electron chi connectivity index (χ1n) is 9.20. The highest BCUT2D eigenvalue weighted by atomic mass is 32.1. The van der Waals surface area contributed by atoms with Crippen molar-refractivity contribution in [1.82, 2.24) is 5.32 Å². The van der Waals surface area contributed by atoms with E-state index in [4.69, 9.17) is 0 Å². The summed E-state index contributed by atoms with van der Waals surface area (Å²) < 4.78 is 0. The topological polar surface area (TPSA) is 29.1 Å². The van der Waals surface area contributed by atoms with Gasteiger partial charge in [0.2, 0.25) is 0 Å². The predicted octanol–water partition coefficient (Wildman–Crippen LogP) is 6.16. The van der Waals surface area contributed by atoms with Crippen molar-refractivity contribution >= 4 is 23.3 Å². The molecule has 3 heteroatoms. The molecule has 0 saturated heterocycles. The second kappa shape index (κ2) is 8.18. The van der Waals surface area contributed by atoms with Crippen LogP contribution in [0, 0.1) is 5.41 Å². The van der Waals surface area contributed by atoms with Crippen molar-refractivity contribution in [2.75, 3.05) is 7.05 Å². The summed E-state index contributed by atoms with van der Waals surface area (Å²) in [6, 6.07) is 2.02. The van der Waals surface area contributed by atoms with Crippen molar-refractivity contribution in [3.63, 3.8) is 0 Å². The molecule has 0 fully saturated rings. The van der Waals surface area contributed by atoms with E-state index in [9.17, 15) is 4.79 Å². The summed E-state index contributed by atoms with van der Waals surface area (Å²) in [7, 11) is 1.69. The average molecular weight is 358 g/mol. The summed E-state index contributed by atoms with van der Waals surface area (Å²) in [5.74, 6) is -0.00838. The van der Waals surface area contributed by atoms with Crippen LogP contribution in [-0.4, -0.2) is 13.0 Å². The zero-order valence-corrected chi connectivity index (χ0v) is 17.3. The number of thiophene rings is 1. The largest absolute Gasteiger partial charge is 0.355 e. The van der Waals surface area contributed by atoms with Gasteiger partial charge < -0.3 is 5.32 Å². The first kappa shape index (κ1) is 19.7. The second-order valence-electron chi connectivity index (χ2n) is 7.58. The number of amides is 1. The van der Waals surface area contributed by atoms with Crippen LogP contribution in [0.25, 0.3) is 6.08 Å². The lowest BCUT2D eigenvalue weighted by molar-refractivity contribution is 0.0963. The lowest BCUT2D eigenvalue weighted by atomic mass is 9.72. The zero-order chi connectivity index (χ0) is 18.6. The summed E-state index contributed by atoms with van der Waals surface area (Å²) in [4.78, 5) is 14.4. The molecule has 1 N–H and O–H groups in total. The highest BCUT2D eigenvalue weighted by Crippen LogP contribution is 2.40. The Bertz CT molecular complexity index is 731. The highest BCUT2D eigenvalue weighted by Gasteiger charge is 2.26. The Morgan fingerprint density at radius 2 is 2.12 bits per heavy atom. The maximum Gasteiger partial charge on any atom is 0.252 e. The molecule has 0 saturated carbocycles. The van der Waals surface area contributed by atoms with E-state index < -0.39 is 0 Å². The van der Waals surface area contributed by atoms with Crippen LogP contribution in [0.3, 0.4) is 0 Å². The predicted molar refractivity (Wildman–Crippen MR) is 110 cm³/mol. The molecule has 0 atom stereocenters. The van der Waals surface area contributed by atoms with Gasteiger partial charge in [0.15, 0.2) is 0 Å². The van der Waals surface area contributed by atoms with Gasteiger partial charge in [0.25, 0.3) is 5.91 Å². The van der Waals surface area contributed by atoms with E-state index in [2.05, 4.69) is 58.2 Å². The van der Waals surface area contributed by atoms with Gasteiger partial charge in [-0.1, -0.05) is 38.5 Å². The summed E-state index contributed by atoms with van der Waals surface area (Å²) in [5, 5.41) is 2.75. The molecule has 1 aliphatic carbocycles. The quantitative estimate of drug-likeness (QED) is 0.629. The SMILES string of the molecule is CCc1cc(C(=O)NC)c(C=C(C)C=CC2=C(C)CCCC2(C)C)s1. The van der Waals surface area contributed by atoms with Crippen molar-refractivity contribution in [2.24, 2.45) is 5.41 Å². The molecule has 0 radical (unpaired) electrons. The molecular formula is C22H31NOS. The molecule has 0 aliphatic heterocycles. The number of nitrogens with one attached hydrogen (secondary N) is 1. The molecule has 1 aliphatic rings. The van der Waals surface area contributed by atoms with E-state index >= 15 is 0 Å². The molecule has 136 valence electrons. The van der Waals surface area contributed by atoms with E-state index in [1.165, 1.54) is 40.9 Å². The minimum Gasteiger partial charge on any atom is -0.355 e. The van der Waals surface area contributed by atoms with E-state index in [1.54, 1.807) is 18.4 Å². The Morgan fingerprint density at radius 1 is 1.40 bits per heavy atom. The third-order valence-electron chi connectivity index (χ3n) is 5.05. The number of carbonyl (C=O) groups excluding carboxylic acids is 1. The van der Waals surface area contributed by atoms with Crippen molar-refractivity contribution < 1.29 is 4.79 Å².